The number of hydrogen-bond acceptors (Lipinski definition) is 2. The molecule has 1 heterocycles. The molecule has 42 valence electrons. The second-order valence-corrected chi connectivity index (χ2v) is 1.20. The van der Waals surface area contributed by atoms with Crippen LogP contribution in [0.5, 0.6) is 0 Å². The molecule has 0 fully saturated rings. The molecule has 0 aliphatic carbocycles. The molecule has 0 bridgehead atoms. The fourth-order valence-corrected chi connectivity index (χ4v) is 0.308. The topological polar surface area (TPSA) is 24.7 Å². The minimum Gasteiger partial charge on any atom is -0.445 e. The molecular weight excluding hydrogens is 271 g/mol. The van der Waals surface area contributed by atoms with Crippen molar-refractivity contribution in [3.63, 3.8) is 0 Å². The van der Waals surface area contributed by atoms with Crippen molar-refractivity contribution in [3.8, 4) is 0 Å². The minimum atomic E-state index is 0. The molecule has 3 heteroatoms. The Morgan fingerprint density at radius 1 is 1.71 bits per heavy atom. The van der Waals surface area contributed by atoms with Crippen molar-refractivity contribution in [1.29, 1.82) is 0 Å². The Kier molecular flexibility index (Phi) is 3.10. The Labute approximate surface area is 57.0 Å². The molecule has 0 amide bonds. The van der Waals surface area contributed by atoms with Crippen LogP contribution in [0.15, 0.2) is 9.98 Å². The first-order valence-electron chi connectivity index (χ1n) is 1.86. The summed E-state index contributed by atoms with van der Waals surface area (Å²) in [5.74, 6) is 0. The molecule has 1 aliphatic rings. The van der Waals surface area contributed by atoms with Crippen molar-refractivity contribution in [2.24, 2.45) is 9.98 Å². The maximum atomic E-state index is 3.83. The predicted molar refractivity (Wildman–Crippen MR) is 25.4 cm³/mol. The van der Waals surface area contributed by atoms with Crippen molar-refractivity contribution < 1.29 is 21.1 Å². The van der Waals surface area contributed by atoms with Gasteiger partial charge >= 0.3 is 0 Å². The third-order valence-electron chi connectivity index (χ3n) is 0.609. The number of aliphatic imine (C=N–C) groups is 2. The zero-order valence-electron chi connectivity index (χ0n) is 3.87. The van der Waals surface area contributed by atoms with Crippen LogP contribution in [-0.4, -0.2) is 18.6 Å². The number of hydrogen-bond donors (Lipinski definition) is 0. The van der Waals surface area contributed by atoms with Crippen LogP contribution >= 0.6 is 0 Å². The summed E-state index contributed by atoms with van der Waals surface area (Å²) in [5, 5.41) is 0. The first kappa shape index (κ1) is 7.03. The summed E-state index contributed by atoms with van der Waals surface area (Å²) >= 11 is 0. The van der Waals surface area contributed by atoms with E-state index in [2.05, 4.69) is 16.2 Å². The van der Waals surface area contributed by atoms with Crippen LogP contribution in [0.4, 0.5) is 0 Å². The van der Waals surface area contributed by atoms with Gasteiger partial charge in [0.15, 0.2) is 0 Å². The maximum Gasteiger partial charge on any atom is 0 e. The minimum absolute atomic E-state index is 0. The molecule has 2 nitrogen and oxygen atoms in total. The molecule has 0 aromatic rings. The van der Waals surface area contributed by atoms with Gasteiger partial charge in [0, 0.05) is 21.1 Å². The van der Waals surface area contributed by atoms with Gasteiger partial charge in [-0.05, 0) is 12.4 Å². The third kappa shape index (κ3) is 1.98. The molecule has 0 aromatic heterocycles. The molecule has 1 atom stereocenters. The quantitative estimate of drug-likeness (QED) is 0.571. The predicted octanol–water partition coefficient (Wildman–Crippen LogP) is 0.362. The number of nitrogens with zero attached hydrogens (tertiary/aromatic N) is 2. The fourth-order valence-electron chi connectivity index (χ4n) is 0.308. The Bertz CT molecular complexity index is 85.9. The zero-order chi connectivity index (χ0) is 4.41. The van der Waals surface area contributed by atoms with E-state index in [-0.39, 0.29) is 27.1 Å². The standard InChI is InChI=1S/C4H5N2.Pt/c1-4-2-5-3-6-4;/h3-4H,1H3;/q-1;. The summed E-state index contributed by atoms with van der Waals surface area (Å²) in [4.78, 5) is 7.46. The molecule has 0 radical (unpaired) electrons. The van der Waals surface area contributed by atoms with Crippen molar-refractivity contribution >= 4 is 12.6 Å². The van der Waals surface area contributed by atoms with Crippen molar-refractivity contribution in [1.82, 2.24) is 0 Å². The first-order valence-corrected chi connectivity index (χ1v) is 1.86. The Hall–Kier alpha value is 0.0283. The molecule has 1 aliphatic heterocycles. The molecule has 7 heavy (non-hydrogen) atoms. The summed E-state index contributed by atoms with van der Waals surface area (Å²) in [5.41, 5.74) is 0. The van der Waals surface area contributed by atoms with Crippen LogP contribution in [0.3, 0.4) is 0 Å². The number of rotatable bonds is 0. The van der Waals surface area contributed by atoms with Gasteiger partial charge in [0.2, 0.25) is 0 Å². The average Bonchev–Trinajstić information content (AvgIpc) is 1.86. The Balaban J connectivity index is 0.000000360. The monoisotopic (exact) mass is 276 g/mol. The molecule has 1 rings (SSSR count). The Morgan fingerprint density at radius 2 is 2.43 bits per heavy atom. The summed E-state index contributed by atoms with van der Waals surface area (Å²) in [6, 6.07) is 0.199. The summed E-state index contributed by atoms with van der Waals surface area (Å²) < 4.78 is 0. The fraction of sp³-hybridized carbons (Fsp3) is 0.500. The summed E-state index contributed by atoms with van der Waals surface area (Å²) in [6.07, 6.45) is 4.24. The van der Waals surface area contributed by atoms with Crippen LogP contribution in [0.2, 0.25) is 0 Å². The zero-order valence-corrected chi connectivity index (χ0v) is 6.14. The second-order valence-electron chi connectivity index (χ2n) is 1.20. The van der Waals surface area contributed by atoms with Crippen LogP contribution < -0.4 is 0 Å². The van der Waals surface area contributed by atoms with Gasteiger partial charge in [0.05, 0.1) is 0 Å². The van der Waals surface area contributed by atoms with Crippen molar-refractivity contribution in [3.05, 3.63) is 0 Å². The third-order valence-corrected chi connectivity index (χ3v) is 0.609. The van der Waals surface area contributed by atoms with Gasteiger partial charge in [0.1, 0.15) is 0 Å². The van der Waals surface area contributed by atoms with Crippen LogP contribution in [0.1, 0.15) is 6.92 Å². The van der Waals surface area contributed by atoms with Gasteiger partial charge in [-0.15, -0.1) is 6.21 Å². The van der Waals surface area contributed by atoms with Crippen LogP contribution in [0, 0.1) is 0 Å². The van der Waals surface area contributed by atoms with E-state index in [1.165, 1.54) is 6.34 Å². The van der Waals surface area contributed by atoms with Gasteiger partial charge in [-0.2, -0.15) is 0 Å². The van der Waals surface area contributed by atoms with E-state index in [0.717, 1.165) is 0 Å². The normalized spacial score (nSPS) is 25.0. The largest absolute Gasteiger partial charge is 0.445 e. The SMILES string of the molecule is CC1[C-]=NC=N1.[Pt]. The average molecular weight is 276 g/mol. The molecule has 0 spiro atoms. The van der Waals surface area contributed by atoms with Crippen molar-refractivity contribution in [2.75, 3.05) is 0 Å². The smallest absolute Gasteiger partial charge is 0 e. The Morgan fingerprint density at radius 3 is 2.57 bits per heavy atom. The molecule has 1 unspecified atom stereocenters. The molecule has 0 N–H and O–H groups in total. The van der Waals surface area contributed by atoms with Gasteiger partial charge in [0.25, 0.3) is 0 Å². The molecule has 0 saturated carbocycles. The van der Waals surface area contributed by atoms with E-state index in [9.17, 15) is 0 Å². The summed E-state index contributed by atoms with van der Waals surface area (Å²) in [6.45, 7) is 1.94. The van der Waals surface area contributed by atoms with E-state index in [4.69, 9.17) is 0 Å². The molecule has 0 saturated heterocycles. The maximum absolute atomic E-state index is 3.83. The second kappa shape index (κ2) is 3.09. The van der Waals surface area contributed by atoms with E-state index < -0.39 is 0 Å². The molecular formula is C4H5N2Pt-. The molecule has 0 aromatic carbocycles. The van der Waals surface area contributed by atoms with E-state index in [1.807, 2.05) is 6.92 Å². The summed E-state index contributed by atoms with van der Waals surface area (Å²) in [7, 11) is 0. The van der Waals surface area contributed by atoms with Gasteiger partial charge in [-0.1, -0.05) is 6.92 Å². The van der Waals surface area contributed by atoms with E-state index >= 15 is 0 Å². The van der Waals surface area contributed by atoms with Gasteiger partial charge in [-0.3, -0.25) is 0 Å². The van der Waals surface area contributed by atoms with E-state index in [1.54, 1.807) is 0 Å². The van der Waals surface area contributed by atoms with Gasteiger partial charge < -0.3 is 9.98 Å². The van der Waals surface area contributed by atoms with Crippen molar-refractivity contribution in [2.45, 2.75) is 13.0 Å². The van der Waals surface area contributed by atoms with Crippen LogP contribution in [-0.2, 0) is 21.1 Å². The van der Waals surface area contributed by atoms with E-state index in [0.29, 0.717) is 0 Å². The van der Waals surface area contributed by atoms with Crippen LogP contribution in [0.25, 0.3) is 0 Å². The first-order chi connectivity index (χ1) is 2.89. The van der Waals surface area contributed by atoms with Gasteiger partial charge in [-0.25, -0.2) is 0 Å².